The SMILES string of the molecule is COC1CCC(C2NOC(CCC(=O)N(C)CCNCC3NNC(=O)C4CCCCC34)N2)CC1. The predicted molar refractivity (Wildman–Crippen MR) is 128 cm³/mol. The number of hydrazine groups is 1. The van der Waals surface area contributed by atoms with Crippen LogP contribution in [0.2, 0.25) is 0 Å². The van der Waals surface area contributed by atoms with Crippen molar-refractivity contribution in [3.05, 3.63) is 0 Å². The molecule has 0 bridgehead atoms. The molecule has 0 spiro atoms. The molecule has 4 fully saturated rings. The Morgan fingerprint density at radius 2 is 1.97 bits per heavy atom. The zero-order valence-corrected chi connectivity index (χ0v) is 20.8. The van der Waals surface area contributed by atoms with Gasteiger partial charge >= 0.3 is 0 Å². The molecule has 0 aromatic rings. The van der Waals surface area contributed by atoms with E-state index in [2.05, 4.69) is 27.0 Å². The van der Waals surface area contributed by atoms with Gasteiger partial charge in [-0.3, -0.25) is 25.2 Å². The minimum absolute atomic E-state index is 0.128. The molecule has 2 saturated carbocycles. The molecule has 4 rings (SSSR count). The number of ether oxygens (including phenoxy) is 1. The molecule has 5 unspecified atom stereocenters. The van der Waals surface area contributed by atoms with Gasteiger partial charge in [0.05, 0.1) is 12.3 Å². The van der Waals surface area contributed by atoms with E-state index in [1.165, 1.54) is 6.42 Å². The standard InChI is InChI=1S/C24H44N6O4/c1-30(14-13-25-15-20-18-5-3-4-6-19(18)24(32)28-27-20)22(31)12-11-21-26-23(29-34-21)16-7-9-17(33-2)10-8-16/h16-21,23,25-27,29H,3-15H2,1-2H3,(H,28,32). The van der Waals surface area contributed by atoms with Crippen LogP contribution in [0.5, 0.6) is 0 Å². The fraction of sp³-hybridized carbons (Fsp3) is 0.917. The summed E-state index contributed by atoms with van der Waals surface area (Å²) in [6.07, 6.45) is 10.4. The van der Waals surface area contributed by atoms with E-state index in [1.807, 2.05) is 7.05 Å². The van der Waals surface area contributed by atoms with Crippen LogP contribution in [-0.4, -0.2) is 75.0 Å². The number of hydrogen-bond acceptors (Lipinski definition) is 8. The van der Waals surface area contributed by atoms with E-state index in [1.54, 1.807) is 12.0 Å². The topological polar surface area (TPSA) is 116 Å². The largest absolute Gasteiger partial charge is 0.381 e. The highest BCUT2D eigenvalue weighted by atomic mass is 16.7. The highest BCUT2D eigenvalue weighted by Crippen LogP contribution is 2.34. The molecule has 5 N–H and O–H groups in total. The lowest BCUT2D eigenvalue weighted by Gasteiger charge is -2.41. The minimum atomic E-state index is -0.128. The number of carbonyl (C=O) groups excluding carboxylic acids is 2. The first kappa shape index (κ1) is 25.8. The molecule has 10 nitrogen and oxygen atoms in total. The molecule has 4 aliphatic rings. The average Bonchev–Trinajstić information content (AvgIpc) is 3.35. The molecule has 2 heterocycles. The van der Waals surface area contributed by atoms with Crippen molar-refractivity contribution in [1.82, 2.24) is 31.9 Å². The van der Waals surface area contributed by atoms with Crippen LogP contribution in [0.4, 0.5) is 0 Å². The number of fused-ring (bicyclic) bond motifs is 1. The summed E-state index contributed by atoms with van der Waals surface area (Å²) in [5, 5.41) is 6.98. The van der Waals surface area contributed by atoms with Crippen LogP contribution in [-0.2, 0) is 19.2 Å². The number of carbonyl (C=O) groups is 2. The smallest absolute Gasteiger partial charge is 0.237 e. The molecule has 0 aromatic carbocycles. The minimum Gasteiger partial charge on any atom is -0.381 e. The number of hydrogen-bond donors (Lipinski definition) is 5. The molecule has 2 aliphatic heterocycles. The average molecular weight is 481 g/mol. The van der Waals surface area contributed by atoms with Crippen LogP contribution in [0, 0.1) is 17.8 Å². The van der Waals surface area contributed by atoms with Crippen molar-refractivity contribution >= 4 is 11.8 Å². The fourth-order valence-electron chi connectivity index (χ4n) is 6.06. The van der Waals surface area contributed by atoms with Crippen LogP contribution in [0.3, 0.4) is 0 Å². The first-order valence-electron chi connectivity index (χ1n) is 13.2. The number of nitrogens with one attached hydrogen (secondary N) is 5. The highest BCUT2D eigenvalue weighted by Gasteiger charge is 2.39. The molecule has 0 aromatic heterocycles. The number of hydroxylamine groups is 1. The summed E-state index contributed by atoms with van der Waals surface area (Å²) >= 11 is 0. The number of nitrogens with zero attached hydrogens (tertiary/aromatic N) is 1. The molecule has 2 saturated heterocycles. The fourth-order valence-corrected chi connectivity index (χ4v) is 6.06. The van der Waals surface area contributed by atoms with Gasteiger partial charge in [0, 0.05) is 52.2 Å². The van der Waals surface area contributed by atoms with Crippen molar-refractivity contribution in [2.75, 3.05) is 33.8 Å². The van der Waals surface area contributed by atoms with Gasteiger partial charge in [0.2, 0.25) is 11.8 Å². The monoisotopic (exact) mass is 480 g/mol. The van der Waals surface area contributed by atoms with Crippen molar-refractivity contribution < 1.29 is 19.2 Å². The van der Waals surface area contributed by atoms with Crippen molar-refractivity contribution in [3.8, 4) is 0 Å². The van der Waals surface area contributed by atoms with Gasteiger partial charge in [0.1, 0.15) is 6.23 Å². The molecule has 0 radical (unpaired) electrons. The Morgan fingerprint density at radius 3 is 2.76 bits per heavy atom. The first-order chi connectivity index (χ1) is 16.5. The second kappa shape index (κ2) is 12.6. The lowest BCUT2D eigenvalue weighted by atomic mass is 9.74. The predicted octanol–water partition coefficient (Wildman–Crippen LogP) is 0.606. The zero-order valence-electron chi connectivity index (χ0n) is 20.8. The van der Waals surface area contributed by atoms with Crippen LogP contribution in [0.15, 0.2) is 0 Å². The summed E-state index contributed by atoms with van der Waals surface area (Å²) in [7, 11) is 3.65. The van der Waals surface area contributed by atoms with E-state index in [9.17, 15) is 9.59 Å². The molecule has 2 amide bonds. The first-order valence-corrected chi connectivity index (χ1v) is 13.2. The molecule has 194 valence electrons. The lowest BCUT2D eigenvalue weighted by molar-refractivity contribution is -0.133. The Morgan fingerprint density at radius 1 is 1.18 bits per heavy atom. The Hall–Kier alpha value is -1.30. The van der Waals surface area contributed by atoms with E-state index in [0.717, 1.165) is 58.0 Å². The molecule has 10 heteroatoms. The molecular weight excluding hydrogens is 436 g/mol. The highest BCUT2D eigenvalue weighted by molar-refractivity contribution is 5.79. The van der Waals surface area contributed by atoms with Gasteiger partial charge in [0.15, 0.2) is 0 Å². The number of amides is 2. The van der Waals surface area contributed by atoms with Crippen LogP contribution < -0.4 is 27.0 Å². The summed E-state index contributed by atoms with van der Waals surface area (Å²) < 4.78 is 5.46. The van der Waals surface area contributed by atoms with Crippen LogP contribution >= 0.6 is 0 Å². The third kappa shape index (κ3) is 6.67. The summed E-state index contributed by atoms with van der Waals surface area (Å²) in [5.74, 6) is 1.36. The third-order valence-corrected chi connectivity index (χ3v) is 8.31. The van der Waals surface area contributed by atoms with Crippen molar-refractivity contribution in [2.24, 2.45) is 17.8 Å². The van der Waals surface area contributed by atoms with Crippen LogP contribution in [0.1, 0.15) is 64.2 Å². The second-order valence-corrected chi connectivity index (χ2v) is 10.5. The summed E-state index contributed by atoms with van der Waals surface area (Å²) in [5.41, 5.74) is 9.18. The maximum absolute atomic E-state index is 12.6. The number of likely N-dealkylation sites (N-methyl/N-ethyl adjacent to an activating group) is 1. The van der Waals surface area contributed by atoms with Gasteiger partial charge < -0.3 is 15.0 Å². The van der Waals surface area contributed by atoms with E-state index >= 15 is 0 Å². The number of rotatable bonds is 10. The molecular formula is C24H44N6O4. The van der Waals surface area contributed by atoms with Gasteiger partial charge in [-0.25, -0.2) is 5.43 Å². The summed E-state index contributed by atoms with van der Waals surface area (Å²) in [4.78, 5) is 32.2. The quantitative estimate of drug-likeness (QED) is 0.289. The number of methoxy groups -OCH3 is 1. The Balaban J connectivity index is 1.08. The van der Waals surface area contributed by atoms with Crippen LogP contribution in [0.25, 0.3) is 0 Å². The molecule has 5 atom stereocenters. The Labute approximate surface area is 203 Å². The summed E-state index contributed by atoms with van der Waals surface area (Å²) in [6.45, 7) is 2.19. The Kier molecular flexibility index (Phi) is 9.55. The third-order valence-electron chi connectivity index (χ3n) is 8.31. The van der Waals surface area contributed by atoms with Gasteiger partial charge in [-0.2, -0.15) is 5.48 Å². The zero-order chi connectivity index (χ0) is 23.9. The van der Waals surface area contributed by atoms with E-state index in [0.29, 0.717) is 37.3 Å². The van der Waals surface area contributed by atoms with Gasteiger partial charge in [-0.05, 0) is 56.8 Å². The second-order valence-electron chi connectivity index (χ2n) is 10.5. The maximum Gasteiger partial charge on any atom is 0.237 e. The lowest BCUT2D eigenvalue weighted by Crippen LogP contribution is -2.62. The van der Waals surface area contributed by atoms with Crippen molar-refractivity contribution in [2.45, 2.75) is 88.7 Å². The summed E-state index contributed by atoms with van der Waals surface area (Å²) in [6, 6.07) is 0.250. The molecule has 2 aliphatic carbocycles. The van der Waals surface area contributed by atoms with Gasteiger partial charge in [-0.15, -0.1) is 0 Å². The van der Waals surface area contributed by atoms with E-state index < -0.39 is 0 Å². The van der Waals surface area contributed by atoms with E-state index in [-0.39, 0.29) is 36.2 Å². The van der Waals surface area contributed by atoms with Gasteiger partial charge in [-0.1, -0.05) is 12.8 Å². The molecule has 34 heavy (non-hydrogen) atoms. The van der Waals surface area contributed by atoms with Crippen molar-refractivity contribution in [3.63, 3.8) is 0 Å². The van der Waals surface area contributed by atoms with Gasteiger partial charge in [0.25, 0.3) is 0 Å². The van der Waals surface area contributed by atoms with Crippen molar-refractivity contribution in [1.29, 1.82) is 0 Å². The van der Waals surface area contributed by atoms with E-state index in [4.69, 9.17) is 9.57 Å². The maximum atomic E-state index is 12.6. The normalized spacial score (nSPS) is 36.1. The Bertz CT molecular complexity index is 674.